The maximum absolute atomic E-state index is 10.0. The molecule has 0 fully saturated rings. The van der Waals surface area contributed by atoms with Gasteiger partial charge in [0.25, 0.3) is 0 Å². The molecule has 1 aromatic carbocycles. The van der Waals surface area contributed by atoms with Crippen molar-refractivity contribution in [3.8, 4) is 0 Å². The van der Waals surface area contributed by atoms with E-state index in [1.165, 1.54) is 3.57 Å². The molecule has 0 saturated carbocycles. The monoisotopic (exact) mass is 359 g/mol. The summed E-state index contributed by atoms with van der Waals surface area (Å²) >= 11 is 8.00. The van der Waals surface area contributed by atoms with Gasteiger partial charge in [0.15, 0.2) is 0 Å². The zero-order valence-electron chi connectivity index (χ0n) is 8.98. The molecule has 0 radical (unpaired) electrons. The molecule has 88 valence electrons. The van der Waals surface area contributed by atoms with Crippen LogP contribution in [-0.2, 0) is 6.42 Å². The van der Waals surface area contributed by atoms with Gasteiger partial charge in [-0.25, -0.2) is 0 Å². The molecule has 0 spiro atoms. The van der Waals surface area contributed by atoms with Gasteiger partial charge in [-0.05, 0) is 52.4 Å². The lowest BCUT2D eigenvalue weighted by Gasteiger charge is -2.10. The van der Waals surface area contributed by atoms with Crippen LogP contribution in [0.4, 0.5) is 0 Å². The molecule has 17 heavy (non-hydrogen) atoms. The van der Waals surface area contributed by atoms with Gasteiger partial charge < -0.3 is 5.11 Å². The molecule has 0 bridgehead atoms. The Morgan fingerprint density at radius 3 is 2.47 bits per heavy atom. The van der Waals surface area contributed by atoms with Crippen LogP contribution in [0, 0.1) is 3.57 Å². The van der Waals surface area contributed by atoms with E-state index in [4.69, 9.17) is 11.6 Å². The van der Waals surface area contributed by atoms with Crippen molar-refractivity contribution in [3.05, 3.63) is 62.4 Å². The first kappa shape index (κ1) is 12.8. The largest absolute Gasteiger partial charge is 0.386 e. The fourth-order valence-corrected chi connectivity index (χ4v) is 2.00. The highest BCUT2D eigenvalue weighted by Crippen LogP contribution is 2.18. The summed E-state index contributed by atoms with van der Waals surface area (Å²) in [6.07, 6.45) is 1.52. The van der Waals surface area contributed by atoms with Crippen molar-refractivity contribution in [1.82, 2.24) is 4.98 Å². The van der Waals surface area contributed by atoms with E-state index in [9.17, 15) is 5.11 Å². The summed E-state index contributed by atoms with van der Waals surface area (Å²) in [5.74, 6) is 0. The van der Waals surface area contributed by atoms with Crippen LogP contribution in [0.1, 0.15) is 17.4 Å². The second-order valence-corrected chi connectivity index (χ2v) is 5.43. The number of benzene rings is 1. The van der Waals surface area contributed by atoms with Crippen molar-refractivity contribution >= 4 is 34.2 Å². The summed E-state index contributed by atoms with van der Waals surface area (Å²) in [6, 6.07) is 11.6. The molecule has 2 rings (SSSR count). The van der Waals surface area contributed by atoms with E-state index in [0.29, 0.717) is 17.1 Å². The van der Waals surface area contributed by atoms with Gasteiger partial charge in [-0.15, -0.1) is 0 Å². The zero-order chi connectivity index (χ0) is 12.3. The molecule has 4 heteroatoms. The quantitative estimate of drug-likeness (QED) is 0.849. The summed E-state index contributed by atoms with van der Waals surface area (Å²) in [7, 11) is 0. The Labute approximate surface area is 119 Å². The molecular weight excluding hydrogens is 349 g/mol. The fourth-order valence-electron chi connectivity index (χ4n) is 1.53. The minimum absolute atomic E-state index is 0.561. The van der Waals surface area contributed by atoms with Gasteiger partial charge in [0.1, 0.15) is 0 Å². The molecule has 1 atom stereocenters. The normalized spacial score (nSPS) is 12.4. The van der Waals surface area contributed by atoms with Gasteiger partial charge in [0.2, 0.25) is 0 Å². The molecule has 0 aliphatic carbocycles. The first-order valence-corrected chi connectivity index (χ1v) is 6.65. The third-order valence-electron chi connectivity index (χ3n) is 2.43. The maximum atomic E-state index is 10.0. The summed E-state index contributed by atoms with van der Waals surface area (Å²) in [6.45, 7) is 0. The van der Waals surface area contributed by atoms with Crippen LogP contribution in [0.5, 0.6) is 0 Å². The molecule has 0 amide bonds. The second kappa shape index (κ2) is 5.80. The van der Waals surface area contributed by atoms with Crippen LogP contribution in [0.15, 0.2) is 42.6 Å². The minimum atomic E-state index is -0.590. The summed E-state index contributed by atoms with van der Waals surface area (Å²) < 4.78 is 1.19. The number of aliphatic hydroxyl groups excluding tert-OH is 1. The van der Waals surface area contributed by atoms with Gasteiger partial charge in [-0.1, -0.05) is 23.7 Å². The van der Waals surface area contributed by atoms with E-state index >= 15 is 0 Å². The topological polar surface area (TPSA) is 33.1 Å². The number of halogens is 2. The van der Waals surface area contributed by atoms with Crippen LogP contribution in [-0.4, -0.2) is 10.1 Å². The Kier molecular flexibility index (Phi) is 4.36. The zero-order valence-corrected chi connectivity index (χ0v) is 11.9. The molecule has 0 saturated heterocycles. The summed E-state index contributed by atoms with van der Waals surface area (Å²) in [5.41, 5.74) is 1.74. The average Bonchev–Trinajstić information content (AvgIpc) is 2.33. The highest BCUT2D eigenvalue weighted by Gasteiger charge is 2.09. The van der Waals surface area contributed by atoms with Crippen molar-refractivity contribution < 1.29 is 5.11 Å². The number of aromatic nitrogens is 1. The number of hydrogen-bond donors (Lipinski definition) is 1. The van der Waals surface area contributed by atoms with E-state index in [0.717, 1.165) is 5.56 Å². The second-order valence-electron chi connectivity index (χ2n) is 3.75. The molecular formula is C13H11ClINO. The Morgan fingerprint density at radius 2 is 1.88 bits per heavy atom. The fraction of sp³-hybridized carbons (Fsp3) is 0.154. The third-order valence-corrected chi connectivity index (χ3v) is 3.38. The van der Waals surface area contributed by atoms with Gasteiger partial charge >= 0.3 is 0 Å². The highest BCUT2D eigenvalue weighted by atomic mass is 127. The highest BCUT2D eigenvalue weighted by molar-refractivity contribution is 14.1. The van der Waals surface area contributed by atoms with Crippen LogP contribution in [0.2, 0.25) is 5.02 Å². The van der Waals surface area contributed by atoms with Crippen molar-refractivity contribution in [1.29, 1.82) is 0 Å². The molecule has 2 aromatic rings. The molecule has 1 N–H and O–H groups in total. The van der Waals surface area contributed by atoms with Crippen LogP contribution in [0.3, 0.4) is 0 Å². The molecule has 0 aliphatic heterocycles. The van der Waals surface area contributed by atoms with Crippen LogP contribution >= 0.6 is 34.2 Å². The molecule has 1 unspecified atom stereocenters. The van der Waals surface area contributed by atoms with Gasteiger partial charge in [0.05, 0.1) is 16.8 Å². The van der Waals surface area contributed by atoms with Crippen LogP contribution < -0.4 is 0 Å². The van der Waals surface area contributed by atoms with Gasteiger partial charge in [-0.3, -0.25) is 4.98 Å². The lowest BCUT2D eigenvalue weighted by atomic mass is 10.1. The van der Waals surface area contributed by atoms with E-state index in [-0.39, 0.29) is 0 Å². The minimum Gasteiger partial charge on any atom is -0.386 e. The predicted octanol–water partition coefficient (Wildman–Crippen LogP) is 3.62. The van der Waals surface area contributed by atoms with Crippen molar-refractivity contribution in [3.63, 3.8) is 0 Å². The lowest BCUT2D eigenvalue weighted by Crippen LogP contribution is -2.03. The van der Waals surface area contributed by atoms with Crippen molar-refractivity contribution in [2.75, 3.05) is 0 Å². The first-order chi connectivity index (χ1) is 8.15. The standard InChI is InChI=1S/C13H11ClINO/c14-10-3-6-12(16-8-10)13(17)7-9-1-4-11(15)5-2-9/h1-6,8,13,17H,7H2. The Morgan fingerprint density at radius 1 is 1.18 bits per heavy atom. The first-order valence-electron chi connectivity index (χ1n) is 5.19. The average molecular weight is 360 g/mol. The third kappa shape index (κ3) is 3.66. The maximum Gasteiger partial charge on any atom is 0.0999 e. The van der Waals surface area contributed by atoms with Crippen molar-refractivity contribution in [2.45, 2.75) is 12.5 Å². The Hall–Kier alpha value is -0.650. The van der Waals surface area contributed by atoms with Gasteiger partial charge in [-0.2, -0.15) is 0 Å². The smallest absolute Gasteiger partial charge is 0.0999 e. The summed E-state index contributed by atoms with van der Waals surface area (Å²) in [5, 5.41) is 10.6. The van der Waals surface area contributed by atoms with E-state index < -0.39 is 6.10 Å². The summed E-state index contributed by atoms with van der Waals surface area (Å²) in [4.78, 5) is 4.11. The van der Waals surface area contributed by atoms with Crippen LogP contribution in [0.25, 0.3) is 0 Å². The number of pyridine rings is 1. The SMILES string of the molecule is OC(Cc1ccc(I)cc1)c1ccc(Cl)cn1. The number of nitrogens with zero attached hydrogens (tertiary/aromatic N) is 1. The Bertz CT molecular complexity index is 484. The predicted molar refractivity (Wildman–Crippen MR) is 77.1 cm³/mol. The van der Waals surface area contributed by atoms with E-state index in [1.54, 1.807) is 18.3 Å². The molecule has 1 aromatic heterocycles. The number of aliphatic hydroxyl groups is 1. The number of rotatable bonds is 3. The Balaban J connectivity index is 2.08. The molecule has 0 aliphatic rings. The lowest BCUT2D eigenvalue weighted by molar-refractivity contribution is 0.173. The van der Waals surface area contributed by atoms with E-state index in [2.05, 4.69) is 27.6 Å². The van der Waals surface area contributed by atoms with Crippen molar-refractivity contribution in [2.24, 2.45) is 0 Å². The number of hydrogen-bond acceptors (Lipinski definition) is 2. The molecule has 1 heterocycles. The van der Waals surface area contributed by atoms with Gasteiger partial charge in [0, 0.05) is 16.2 Å². The molecule has 2 nitrogen and oxygen atoms in total. The van der Waals surface area contributed by atoms with E-state index in [1.807, 2.05) is 24.3 Å².